The molecule has 0 saturated heterocycles. The molecule has 0 fully saturated rings. The van der Waals surface area contributed by atoms with Crippen LogP contribution in [0.3, 0.4) is 0 Å². The predicted molar refractivity (Wildman–Crippen MR) is 96.0 cm³/mol. The van der Waals surface area contributed by atoms with E-state index in [1.165, 1.54) is 0 Å². The lowest BCUT2D eigenvalue weighted by atomic mass is 10.2. The Hall–Kier alpha value is -2.50. The quantitative estimate of drug-likeness (QED) is 0.532. The second-order valence-electron chi connectivity index (χ2n) is 4.95. The van der Waals surface area contributed by atoms with Crippen molar-refractivity contribution in [1.29, 1.82) is 0 Å². The van der Waals surface area contributed by atoms with Crippen molar-refractivity contribution in [2.45, 2.75) is 0 Å². The predicted octanol–water partition coefficient (Wildman–Crippen LogP) is 4.00. The molecule has 24 heavy (non-hydrogen) atoms. The molecule has 0 aliphatic carbocycles. The van der Waals surface area contributed by atoms with E-state index in [0.29, 0.717) is 15.8 Å². The van der Waals surface area contributed by atoms with Gasteiger partial charge in [-0.3, -0.25) is 4.79 Å². The molecule has 0 spiro atoms. The Labute approximate surface area is 148 Å². The molecule has 0 radical (unpaired) electrons. The zero-order valence-electron chi connectivity index (χ0n) is 12.4. The number of carbonyl (C=O) groups is 1. The van der Waals surface area contributed by atoms with Crippen molar-refractivity contribution in [3.63, 3.8) is 0 Å². The summed E-state index contributed by atoms with van der Waals surface area (Å²) < 4.78 is 5.33. The van der Waals surface area contributed by atoms with E-state index in [1.54, 1.807) is 24.4 Å². The molecular weight excluding hydrogens is 349 g/mol. The minimum absolute atomic E-state index is 0.217. The molecule has 2 N–H and O–H groups in total. The van der Waals surface area contributed by atoms with Crippen LogP contribution in [-0.4, -0.2) is 23.7 Å². The molecule has 0 bridgehead atoms. The van der Waals surface area contributed by atoms with Gasteiger partial charge in [0.15, 0.2) is 6.61 Å². The van der Waals surface area contributed by atoms with Gasteiger partial charge in [-0.25, -0.2) is 5.43 Å². The Morgan fingerprint density at radius 2 is 2.08 bits per heavy atom. The second-order valence-corrected chi connectivity index (χ2v) is 5.79. The molecule has 3 aromatic rings. The van der Waals surface area contributed by atoms with Crippen molar-refractivity contribution in [2.24, 2.45) is 5.10 Å². The van der Waals surface area contributed by atoms with Crippen molar-refractivity contribution in [2.75, 3.05) is 6.61 Å². The number of fused-ring (bicyclic) bond motifs is 1. The molecule has 122 valence electrons. The van der Waals surface area contributed by atoms with Gasteiger partial charge in [-0.1, -0.05) is 41.4 Å². The fourth-order valence-electron chi connectivity index (χ4n) is 2.14. The summed E-state index contributed by atoms with van der Waals surface area (Å²) in [6.07, 6.45) is 3.39. The Bertz CT molecular complexity index is 906. The van der Waals surface area contributed by atoms with Gasteiger partial charge in [-0.05, 0) is 18.2 Å². The highest BCUT2D eigenvalue weighted by Crippen LogP contribution is 2.27. The van der Waals surface area contributed by atoms with Crippen LogP contribution in [0, 0.1) is 0 Å². The van der Waals surface area contributed by atoms with E-state index in [1.807, 2.05) is 30.5 Å². The smallest absolute Gasteiger partial charge is 0.277 e. The summed E-state index contributed by atoms with van der Waals surface area (Å²) >= 11 is 11.8. The summed E-state index contributed by atoms with van der Waals surface area (Å²) in [6, 6.07) is 12.6. The second kappa shape index (κ2) is 7.38. The molecule has 0 unspecified atom stereocenters. The van der Waals surface area contributed by atoms with Crippen LogP contribution < -0.4 is 10.2 Å². The number of amides is 1. The van der Waals surface area contributed by atoms with Gasteiger partial charge in [0.1, 0.15) is 5.75 Å². The molecule has 1 amide bonds. The van der Waals surface area contributed by atoms with Gasteiger partial charge in [0.05, 0.1) is 11.2 Å². The number of nitrogens with one attached hydrogen (secondary N) is 2. The van der Waals surface area contributed by atoms with Crippen LogP contribution in [0.4, 0.5) is 0 Å². The van der Waals surface area contributed by atoms with Crippen molar-refractivity contribution < 1.29 is 9.53 Å². The molecule has 1 aromatic heterocycles. The van der Waals surface area contributed by atoms with Crippen LogP contribution in [0.1, 0.15) is 5.56 Å². The number of hydrazone groups is 1. The molecule has 0 saturated carbocycles. The molecule has 2 aromatic carbocycles. The van der Waals surface area contributed by atoms with E-state index in [-0.39, 0.29) is 6.61 Å². The number of rotatable bonds is 5. The largest absolute Gasteiger partial charge is 0.482 e. The first-order valence-electron chi connectivity index (χ1n) is 7.09. The SMILES string of the molecule is O=C(COc1cc(Cl)ccc1Cl)N/N=C\c1c[nH]c2ccccc12. The number of para-hydroxylation sites is 1. The molecule has 0 atom stereocenters. The molecular formula is C17H13Cl2N3O2. The van der Waals surface area contributed by atoms with Crippen LogP contribution in [0.2, 0.25) is 10.0 Å². The summed E-state index contributed by atoms with van der Waals surface area (Å²) in [5.74, 6) is -0.0536. The number of aromatic amines is 1. The number of benzene rings is 2. The summed E-state index contributed by atoms with van der Waals surface area (Å²) in [5.41, 5.74) is 4.29. The van der Waals surface area contributed by atoms with Gasteiger partial charge < -0.3 is 9.72 Å². The Morgan fingerprint density at radius 3 is 2.96 bits per heavy atom. The van der Waals surface area contributed by atoms with Gasteiger partial charge in [0, 0.05) is 33.8 Å². The first kappa shape index (κ1) is 16.4. The summed E-state index contributed by atoms with van der Waals surface area (Å²) in [5, 5.41) is 5.82. The van der Waals surface area contributed by atoms with Crippen LogP contribution in [0.25, 0.3) is 10.9 Å². The highest BCUT2D eigenvalue weighted by Gasteiger charge is 2.06. The molecule has 0 aliphatic rings. The lowest BCUT2D eigenvalue weighted by Crippen LogP contribution is -2.24. The number of carbonyl (C=O) groups excluding carboxylic acids is 1. The molecule has 5 nitrogen and oxygen atoms in total. The van der Waals surface area contributed by atoms with Crippen LogP contribution in [0.5, 0.6) is 5.75 Å². The number of halogens is 2. The van der Waals surface area contributed by atoms with Crippen LogP contribution in [0.15, 0.2) is 53.8 Å². The number of hydrogen-bond acceptors (Lipinski definition) is 3. The Balaban J connectivity index is 1.56. The Morgan fingerprint density at radius 1 is 1.25 bits per heavy atom. The van der Waals surface area contributed by atoms with E-state index >= 15 is 0 Å². The van der Waals surface area contributed by atoms with Crippen molar-refractivity contribution >= 4 is 46.2 Å². The Kier molecular flexibility index (Phi) is 5.03. The minimum atomic E-state index is -0.401. The number of aromatic nitrogens is 1. The highest BCUT2D eigenvalue weighted by atomic mass is 35.5. The van der Waals surface area contributed by atoms with Crippen molar-refractivity contribution in [3.8, 4) is 5.75 Å². The van der Waals surface area contributed by atoms with Crippen molar-refractivity contribution in [1.82, 2.24) is 10.4 Å². The van der Waals surface area contributed by atoms with Gasteiger partial charge in [0.25, 0.3) is 5.91 Å². The molecule has 1 heterocycles. The van der Waals surface area contributed by atoms with Crippen molar-refractivity contribution in [3.05, 3.63) is 64.3 Å². The van der Waals surface area contributed by atoms with Crippen LogP contribution in [-0.2, 0) is 4.79 Å². The number of H-pyrrole nitrogens is 1. The monoisotopic (exact) mass is 361 g/mol. The third-order valence-electron chi connectivity index (χ3n) is 3.27. The average Bonchev–Trinajstić information content (AvgIpc) is 2.99. The molecule has 0 aliphatic heterocycles. The van der Waals surface area contributed by atoms with E-state index in [0.717, 1.165) is 16.5 Å². The zero-order chi connectivity index (χ0) is 16.9. The first-order chi connectivity index (χ1) is 11.6. The number of nitrogens with zero attached hydrogens (tertiary/aromatic N) is 1. The standard InChI is InChI=1S/C17H13Cl2N3O2/c18-12-5-6-14(19)16(7-12)24-10-17(23)22-21-9-11-8-20-15-4-2-1-3-13(11)15/h1-9,20H,10H2,(H,22,23)/b21-9-. The van der Waals surface area contributed by atoms with Gasteiger partial charge in [-0.2, -0.15) is 5.10 Å². The van der Waals surface area contributed by atoms with Gasteiger partial charge >= 0.3 is 0 Å². The van der Waals surface area contributed by atoms with E-state index in [9.17, 15) is 4.79 Å². The van der Waals surface area contributed by atoms with E-state index in [2.05, 4.69) is 15.5 Å². The third kappa shape index (κ3) is 3.88. The topological polar surface area (TPSA) is 66.5 Å². The zero-order valence-corrected chi connectivity index (χ0v) is 13.9. The first-order valence-corrected chi connectivity index (χ1v) is 7.85. The van der Waals surface area contributed by atoms with Gasteiger partial charge in [0.2, 0.25) is 0 Å². The maximum Gasteiger partial charge on any atom is 0.277 e. The average molecular weight is 362 g/mol. The van der Waals surface area contributed by atoms with E-state index in [4.69, 9.17) is 27.9 Å². The fourth-order valence-corrected chi connectivity index (χ4v) is 2.47. The highest BCUT2D eigenvalue weighted by molar-refractivity contribution is 6.34. The summed E-state index contributed by atoms with van der Waals surface area (Å²) in [7, 11) is 0. The molecule has 3 rings (SSSR count). The lowest BCUT2D eigenvalue weighted by Gasteiger charge is -2.07. The third-order valence-corrected chi connectivity index (χ3v) is 3.81. The minimum Gasteiger partial charge on any atom is -0.482 e. The maximum atomic E-state index is 11.8. The normalized spacial score (nSPS) is 11.1. The fraction of sp³-hybridized carbons (Fsp3) is 0.0588. The van der Waals surface area contributed by atoms with E-state index < -0.39 is 5.91 Å². The summed E-state index contributed by atoms with van der Waals surface area (Å²) in [4.78, 5) is 14.9. The summed E-state index contributed by atoms with van der Waals surface area (Å²) in [6.45, 7) is -0.217. The lowest BCUT2D eigenvalue weighted by molar-refractivity contribution is -0.123. The maximum absolute atomic E-state index is 11.8. The number of ether oxygens (including phenoxy) is 1. The molecule has 7 heteroatoms. The van der Waals surface area contributed by atoms with Crippen LogP contribution >= 0.6 is 23.2 Å². The van der Waals surface area contributed by atoms with Gasteiger partial charge in [-0.15, -0.1) is 0 Å². The number of hydrogen-bond donors (Lipinski definition) is 2.